The highest BCUT2D eigenvalue weighted by Crippen LogP contribution is 2.39. The molecule has 3 aromatic rings. The summed E-state index contributed by atoms with van der Waals surface area (Å²) >= 11 is 0. The number of aromatic nitrogens is 2. The molecule has 8 nitrogen and oxygen atoms in total. The summed E-state index contributed by atoms with van der Waals surface area (Å²) in [6, 6.07) is 16.2. The Morgan fingerprint density at radius 2 is 1.97 bits per heavy atom. The van der Waals surface area contributed by atoms with Crippen LogP contribution in [0.2, 0.25) is 0 Å². The van der Waals surface area contributed by atoms with Crippen molar-refractivity contribution in [2.45, 2.75) is 18.8 Å². The number of carbonyl (C=O) groups is 1. The monoisotopic (exact) mass is 421 g/mol. The van der Waals surface area contributed by atoms with E-state index in [9.17, 15) is 19.5 Å². The second kappa shape index (κ2) is 8.51. The molecule has 1 aromatic heterocycles. The molecule has 1 amide bonds. The Hall–Kier alpha value is -3.81. The van der Waals surface area contributed by atoms with Gasteiger partial charge >= 0.3 is 5.69 Å². The average molecular weight is 421 g/mol. The zero-order valence-corrected chi connectivity index (χ0v) is 17.0. The van der Waals surface area contributed by atoms with Gasteiger partial charge in [0.05, 0.1) is 7.11 Å². The van der Waals surface area contributed by atoms with Crippen molar-refractivity contribution in [1.29, 1.82) is 0 Å². The molecule has 1 aliphatic carbocycles. The lowest BCUT2D eigenvalue weighted by Gasteiger charge is -2.32. The second-order valence-corrected chi connectivity index (χ2v) is 7.68. The lowest BCUT2D eigenvalue weighted by atomic mass is 9.74. The molecule has 4 rings (SSSR count). The molecule has 0 saturated carbocycles. The van der Waals surface area contributed by atoms with E-state index >= 15 is 0 Å². The number of rotatable bonds is 5. The normalized spacial score (nSPS) is 17.6. The van der Waals surface area contributed by atoms with Crippen molar-refractivity contribution >= 4 is 5.91 Å². The largest absolute Gasteiger partial charge is 0.501 e. The zero-order valence-electron chi connectivity index (χ0n) is 17.0. The van der Waals surface area contributed by atoms with E-state index in [1.807, 2.05) is 35.3 Å². The molecule has 0 fully saturated rings. The molecule has 31 heavy (non-hydrogen) atoms. The first kappa shape index (κ1) is 20.5. The molecular formula is C23H23N3O5. The molecule has 0 spiro atoms. The molecule has 160 valence electrons. The number of fused-ring (bicyclic) bond motifs is 1. The van der Waals surface area contributed by atoms with Crippen molar-refractivity contribution in [2.24, 2.45) is 5.92 Å². The fourth-order valence-electron chi connectivity index (χ4n) is 4.21. The van der Waals surface area contributed by atoms with Gasteiger partial charge in [0.2, 0.25) is 5.75 Å². The van der Waals surface area contributed by atoms with Crippen molar-refractivity contribution in [3.63, 3.8) is 0 Å². The molecule has 0 radical (unpaired) electrons. The van der Waals surface area contributed by atoms with Crippen LogP contribution in [0.1, 0.15) is 39.5 Å². The van der Waals surface area contributed by atoms with Crippen molar-refractivity contribution in [1.82, 2.24) is 15.3 Å². The average Bonchev–Trinajstić information content (AvgIpc) is 2.79. The number of nitrogens with one attached hydrogen (secondary N) is 3. The maximum atomic E-state index is 12.5. The van der Waals surface area contributed by atoms with Crippen molar-refractivity contribution in [3.8, 4) is 11.5 Å². The van der Waals surface area contributed by atoms with Crippen LogP contribution < -0.4 is 21.3 Å². The number of methoxy groups -OCH3 is 1. The van der Waals surface area contributed by atoms with Crippen LogP contribution in [0.25, 0.3) is 0 Å². The fourth-order valence-corrected chi connectivity index (χ4v) is 4.21. The Balaban J connectivity index is 1.56. The summed E-state index contributed by atoms with van der Waals surface area (Å²) in [5.74, 6) is -0.433. The highest BCUT2D eigenvalue weighted by molar-refractivity contribution is 5.94. The number of H-pyrrole nitrogens is 2. The van der Waals surface area contributed by atoms with Crippen LogP contribution in [0.5, 0.6) is 11.5 Å². The van der Waals surface area contributed by atoms with Gasteiger partial charge in [-0.05, 0) is 47.6 Å². The smallest absolute Gasteiger partial charge is 0.326 e. The van der Waals surface area contributed by atoms with E-state index in [0.29, 0.717) is 6.54 Å². The van der Waals surface area contributed by atoms with Gasteiger partial charge in [0, 0.05) is 12.5 Å². The SMILES string of the molecule is COc1cccc([C@@H]2C[C@H](CNC(=O)c3[nH]c(=O)[nH]c(=O)c3O)Cc3ccccc32)c1. The van der Waals surface area contributed by atoms with Gasteiger partial charge < -0.3 is 15.2 Å². The van der Waals surface area contributed by atoms with Crippen LogP contribution in [-0.2, 0) is 6.42 Å². The molecule has 1 aliphatic rings. The van der Waals surface area contributed by atoms with Gasteiger partial charge in [-0.15, -0.1) is 0 Å². The van der Waals surface area contributed by atoms with Crippen LogP contribution >= 0.6 is 0 Å². The molecule has 8 heteroatoms. The molecule has 1 heterocycles. The number of hydrogen-bond acceptors (Lipinski definition) is 5. The van der Waals surface area contributed by atoms with Gasteiger partial charge in [0.15, 0.2) is 5.69 Å². The number of ether oxygens (including phenoxy) is 1. The van der Waals surface area contributed by atoms with Crippen molar-refractivity contribution in [3.05, 3.63) is 91.8 Å². The lowest BCUT2D eigenvalue weighted by Crippen LogP contribution is -2.36. The number of carbonyl (C=O) groups excluding carboxylic acids is 1. The Kier molecular flexibility index (Phi) is 5.62. The number of aromatic amines is 2. The third-order valence-corrected chi connectivity index (χ3v) is 5.70. The van der Waals surface area contributed by atoms with E-state index in [1.54, 1.807) is 7.11 Å². The summed E-state index contributed by atoms with van der Waals surface area (Å²) in [5, 5.41) is 12.6. The van der Waals surface area contributed by atoms with Crippen molar-refractivity contribution < 1.29 is 14.6 Å². The van der Waals surface area contributed by atoms with Gasteiger partial charge in [0.25, 0.3) is 11.5 Å². The summed E-state index contributed by atoms with van der Waals surface area (Å²) in [4.78, 5) is 39.5. The van der Waals surface area contributed by atoms with E-state index in [1.165, 1.54) is 11.1 Å². The third kappa shape index (κ3) is 4.23. The van der Waals surface area contributed by atoms with Crippen LogP contribution in [-0.4, -0.2) is 34.6 Å². The van der Waals surface area contributed by atoms with E-state index in [0.717, 1.165) is 24.2 Å². The molecular weight excluding hydrogens is 398 g/mol. The number of benzene rings is 2. The van der Waals surface area contributed by atoms with E-state index in [4.69, 9.17) is 4.74 Å². The summed E-state index contributed by atoms with van der Waals surface area (Å²) in [7, 11) is 1.64. The van der Waals surface area contributed by atoms with Crippen LogP contribution in [0.3, 0.4) is 0 Å². The Labute approximate surface area is 177 Å². The maximum Gasteiger partial charge on any atom is 0.326 e. The first-order chi connectivity index (χ1) is 15.0. The third-order valence-electron chi connectivity index (χ3n) is 5.70. The Morgan fingerprint density at radius 1 is 1.16 bits per heavy atom. The first-order valence-corrected chi connectivity index (χ1v) is 10.0. The molecule has 0 bridgehead atoms. The maximum absolute atomic E-state index is 12.5. The van der Waals surface area contributed by atoms with Gasteiger partial charge in [-0.25, -0.2) is 4.79 Å². The quantitative estimate of drug-likeness (QED) is 0.501. The molecule has 4 N–H and O–H groups in total. The molecule has 0 aliphatic heterocycles. The van der Waals surface area contributed by atoms with Crippen LogP contribution in [0.4, 0.5) is 0 Å². The number of hydrogen-bond donors (Lipinski definition) is 4. The summed E-state index contributed by atoms with van der Waals surface area (Å²) in [5.41, 5.74) is 1.33. The second-order valence-electron chi connectivity index (χ2n) is 7.68. The van der Waals surface area contributed by atoms with Crippen LogP contribution in [0.15, 0.2) is 58.1 Å². The molecule has 0 saturated heterocycles. The van der Waals surface area contributed by atoms with Gasteiger partial charge in [0.1, 0.15) is 5.75 Å². The number of aromatic hydroxyl groups is 1. The van der Waals surface area contributed by atoms with E-state index in [2.05, 4.69) is 28.5 Å². The van der Waals surface area contributed by atoms with Crippen molar-refractivity contribution in [2.75, 3.05) is 13.7 Å². The minimum absolute atomic E-state index is 0.130. The molecule has 0 unspecified atom stereocenters. The predicted molar refractivity (Wildman–Crippen MR) is 115 cm³/mol. The Bertz CT molecular complexity index is 1230. The van der Waals surface area contributed by atoms with E-state index in [-0.39, 0.29) is 11.8 Å². The van der Waals surface area contributed by atoms with Crippen LogP contribution in [0, 0.1) is 5.92 Å². The zero-order chi connectivity index (χ0) is 22.0. The summed E-state index contributed by atoms with van der Waals surface area (Å²) < 4.78 is 5.38. The van der Waals surface area contributed by atoms with Gasteiger partial charge in [-0.1, -0.05) is 36.4 Å². The minimum atomic E-state index is -1.00. The lowest BCUT2D eigenvalue weighted by molar-refractivity contribution is 0.0936. The van der Waals surface area contributed by atoms with E-state index < -0.39 is 28.6 Å². The first-order valence-electron chi connectivity index (χ1n) is 10.0. The standard InChI is InChI=1S/C23H23N3O5/c1-31-16-7-4-6-15(11-16)18-10-13(9-14-5-2-3-8-17(14)18)12-24-21(28)19-20(27)22(29)26-23(30)25-19/h2-8,11,13,18,27H,9-10,12H2,1H3,(H,24,28)(H2,25,26,29,30)/t13-,18+/m1/s1. The highest BCUT2D eigenvalue weighted by Gasteiger charge is 2.29. The minimum Gasteiger partial charge on any atom is -0.501 e. The molecule has 2 atom stereocenters. The Morgan fingerprint density at radius 3 is 2.77 bits per heavy atom. The topological polar surface area (TPSA) is 124 Å². The predicted octanol–water partition coefficient (Wildman–Crippen LogP) is 1.90. The van der Waals surface area contributed by atoms with Gasteiger partial charge in [-0.2, -0.15) is 0 Å². The summed E-state index contributed by atoms with van der Waals surface area (Å²) in [6.07, 6.45) is 1.59. The fraction of sp³-hybridized carbons (Fsp3) is 0.261. The number of amides is 1. The molecule has 2 aromatic carbocycles. The van der Waals surface area contributed by atoms with Gasteiger partial charge in [-0.3, -0.25) is 19.6 Å². The highest BCUT2D eigenvalue weighted by atomic mass is 16.5. The summed E-state index contributed by atoms with van der Waals surface area (Å²) in [6.45, 7) is 0.335.